The first-order valence-corrected chi connectivity index (χ1v) is 17.2. The Morgan fingerprint density at radius 2 is 1.12 bits per heavy atom. The molecule has 10 nitrogen and oxygen atoms in total. The third-order valence-corrected chi connectivity index (χ3v) is 12.0. The van der Waals surface area contributed by atoms with Gasteiger partial charge in [0.05, 0.1) is 0 Å². The predicted octanol–water partition coefficient (Wildman–Crippen LogP) is 3.88. The van der Waals surface area contributed by atoms with Gasteiger partial charge in [-0.05, 0) is 35.4 Å². The fourth-order valence-corrected chi connectivity index (χ4v) is 10.00. The van der Waals surface area contributed by atoms with E-state index in [0.717, 1.165) is 11.1 Å². The highest BCUT2D eigenvalue weighted by atomic mass is 33.1. The lowest BCUT2D eigenvalue weighted by atomic mass is 10.1. The van der Waals surface area contributed by atoms with E-state index in [4.69, 9.17) is 0 Å². The summed E-state index contributed by atoms with van der Waals surface area (Å²) < 4.78 is 0. The molecule has 0 aliphatic carbocycles. The van der Waals surface area contributed by atoms with Crippen molar-refractivity contribution in [2.75, 3.05) is 23.0 Å². The van der Waals surface area contributed by atoms with E-state index >= 15 is 0 Å². The normalized spacial score (nSPS) is 24.1. The molecular formula is C26H30N4O6S4. The van der Waals surface area contributed by atoms with Gasteiger partial charge in [-0.1, -0.05) is 35.4 Å². The van der Waals surface area contributed by atoms with Crippen LogP contribution < -0.4 is 0 Å². The zero-order valence-electron chi connectivity index (χ0n) is 21.9. The lowest BCUT2D eigenvalue weighted by Crippen LogP contribution is -2.45. The van der Waals surface area contributed by atoms with Crippen molar-refractivity contribution >= 4 is 68.9 Å². The van der Waals surface area contributed by atoms with Gasteiger partial charge in [0.2, 0.25) is 11.8 Å². The molecule has 2 N–H and O–H groups in total. The molecule has 2 aromatic heterocycles. The van der Waals surface area contributed by atoms with Crippen molar-refractivity contribution in [3.63, 3.8) is 0 Å². The van der Waals surface area contributed by atoms with Gasteiger partial charge >= 0.3 is 11.9 Å². The Labute approximate surface area is 248 Å². The van der Waals surface area contributed by atoms with E-state index in [2.05, 4.69) is 9.97 Å². The van der Waals surface area contributed by atoms with Crippen molar-refractivity contribution in [3.8, 4) is 0 Å². The van der Waals surface area contributed by atoms with E-state index < -0.39 is 35.9 Å². The molecule has 6 atom stereocenters. The molecule has 0 saturated carbocycles. The maximum atomic E-state index is 13.4. The Morgan fingerprint density at radius 3 is 1.45 bits per heavy atom. The standard InChI is InChI=1S/C26H30N4O6S4/c1-15(21(31)29-19(25(33)34)13-37-23(29)17-3-7-27-8-4-17)11-39-40-12-16(2)22(32)30-20(26(35)36)14-38-24(30)18-5-9-28-10-6-18/h3-10,15-16,19-20,23-24H,11-14H2,1-2H3,(H,33,34)(H,35,36)/t15-,16-,19+,20+,23?,24?/m1/s1. The van der Waals surface area contributed by atoms with Gasteiger partial charge in [0.25, 0.3) is 0 Å². The fraction of sp³-hybridized carbons (Fsp3) is 0.462. The van der Waals surface area contributed by atoms with Crippen LogP contribution in [0.15, 0.2) is 49.1 Å². The third kappa shape index (κ3) is 6.89. The van der Waals surface area contributed by atoms with E-state index in [1.165, 1.54) is 54.9 Å². The first kappa shape index (κ1) is 30.5. The lowest BCUT2D eigenvalue weighted by Gasteiger charge is -2.30. The molecule has 2 unspecified atom stereocenters. The van der Waals surface area contributed by atoms with Crippen LogP contribution in [0.25, 0.3) is 0 Å². The molecule has 0 spiro atoms. The van der Waals surface area contributed by atoms with Crippen LogP contribution in [0.2, 0.25) is 0 Å². The second-order valence-electron chi connectivity index (χ2n) is 9.50. The van der Waals surface area contributed by atoms with Gasteiger partial charge in [0.1, 0.15) is 22.8 Å². The molecule has 2 aliphatic rings. The van der Waals surface area contributed by atoms with Gasteiger partial charge in [-0.3, -0.25) is 19.6 Å². The van der Waals surface area contributed by atoms with Crippen molar-refractivity contribution in [2.24, 2.45) is 11.8 Å². The molecule has 2 amide bonds. The van der Waals surface area contributed by atoms with Crippen molar-refractivity contribution < 1.29 is 29.4 Å². The summed E-state index contributed by atoms with van der Waals surface area (Å²) in [6.45, 7) is 3.57. The third-order valence-electron chi connectivity index (χ3n) is 6.62. The van der Waals surface area contributed by atoms with Crippen LogP contribution in [-0.2, 0) is 19.2 Å². The van der Waals surface area contributed by atoms with Crippen LogP contribution in [0, 0.1) is 11.8 Å². The quantitative estimate of drug-likeness (QED) is 0.277. The first-order chi connectivity index (χ1) is 19.2. The van der Waals surface area contributed by atoms with E-state index in [0.29, 0.717) is 23.0 Å². The van der Waals surface area contributed by atoms with Gasteiger partial charge in [-0.15, -0.1) is 23.5 Å². The molecule has 40 heavy (non-hydrogen) atoms. The number of carboxylic acid groups (broad SMARTS) is 2. The molecule has 4 rings (SSSR count). The van der Waals surface area contributed by atoms with Crippen LogP contribution in [0.3, 0.4) is 0 Å². The van der Waals surface area contributed by atoms with E-state index in [1.807, 2.05) is 0 Å². The van der Waals surface area contributed by atoms with E-state index in [9.17, 15) is 29.4 Å². The highest BCUT2D eigenvalue weighted by molar-refractivity contribution is 8.76. The van der Waals surface area contributed by atoms with Crippen LogP contribution in [0.5, 0.6) is 0 Å². The number of thioether (sulfide) groups is 2. The van der Waals surface area contributed by atoms with Gasteiger partial charge in [0.15, 0.2) is 0 Å². The summed E-state index contributed by atoms with van der Waals surface area (Å²) in [6, 6.07) is 5.38. The number of amides is 2. The Kier molecular flexibility index (Phi) is 10.7. The number of hydrogen-bond donors (Lipinski definition) is 2. The summed E-state index contributed by atoms with van der Waals surface area (Å²) in [7, 11) is 2.90. The number of carbonyl (C=O) groups excluding carboxylic acids is 2. The number of nitrogens with zero attached hydrogens (tertiary/aromatic N) is 4. The Bertz CT molecular complexity index is 1120. The second kappa shape index (κ2) is 14.0. The second-order valence-corrected chi connectivity index (χ2v) is 14.3. The van der Waals surface area contributed by atoms with Crippen LogP contribution >= 0.6 is 45.1 Å². The van der Waals surface area contributed by atoms with Crippen LogP contribution in [0.1, 0.15) is 35.7 Å². The predicted molar refractivity (Wildman–Crippen MR) is 159 cm³/mol. The highest BCUT2D eigenvalue weighted by Gasteiger charge is 2.45. The minimum absolute atomic E-state index is 0.227. The average molecular weight is 623 g/mol. The van der Waals surface area contributed by atoms with E-state index in [-0.39, 0.29) is 22.6 Å². The Balaban J connectivity index is 1.33. The van der Waals surface area contributed by atoms with Gasteiger partial charge < -0.3 is 20.0 Å². The molecule has 2 aliphatic heterocycles. The monoisotopic (exact) mass is 622 g/mol. The van der Waals surface area contributed by atoms with Gasteiger partial charge in [0, 0.05) is 59.6 Å². The van der Waals surface area contributed by atoms with Crippen LogP contribution in [0.4, 0.5) is 0 Å². The SMILES string of the molecule is C[C@H](CSSC[C@@H](C)C(=O)N1C(c2ccncc2)SC[C@H]1C(=O)O)C(=O)N1C(c2ccncc2)SC[C@H]1C(=O)O. The molecule has 4 heterocycles. The van der Waals surface area contributed by atoms with Crippen molar-refractivity contribution in [2.45, 2.75) is 36.7 Å². The van der Waals surface area contributed by atoms with Gasteiger partial charge in [-0.2, -0.15) is 0 Å². The van der Waals surface area contributed by atoms with Crippen molar-refractivity contribution in [1.82, 2.24) is 19.8 Å². The molecular weight excluding hydrogens is 593 g/mol. The summed E-state index contributed by atoms with van der Waals surface area (Å²) in [6.07, 6.45) is 6.52. The number of rotatable bonds is 11. The Hall–Kier alpha value is -2.42. The first-order valence-electron chi connectivity index (χ1n) is 12.6. The summed E-state index contributed by atoms with van der Waals surface area (Å²) in [5, 5.41) is 18.7. The topological polar surface area (TPSA) is 141 Å². The molecule has 2 fully saturated rings. The molecule has 0 radical (unpaired) electrons. The average Bonchev–Trinajstić information content (AvgIpc) is 3.61. The van der Waals surface area contributed by atoms with Crippen LogP contribution in [-0.4, -0.2) is 88.8 Å². The zero-order chi connectivity index (χ0) is 28.8. The Morgan fingerprint density at radius 1 is 0.775 bits per heavy atom. The molecule has 214 valence electrons. The zero-order valence-corrected chi connectivity index (χ0v) is 25.1. The lowest BCUT2D eigenvalue weighted by molar-refractivity contribution is -0.150. The minimum atomic E-state index is -1.02. The number of aromatic nitrogens is 2. The van der Waals surface area contributed by atoms with E-state index in [1.54, 1.807) is 62.9 Å². The number of carbonyl (C=O) groups is 4. The summed E-state index contributed by atoms with van der Waals surface area (Å²) in [5.41, 5.74) is 1.67. The maximum Gasteiger partial charge on any atom is 0.327 e. The fourth-order valence-electron chi connectivity index (χ4n) is 4.45. The van der Waals surface area contributed by atoms with Crippen molar-refractivity contribution in [1.29, 1.82) is 0 Å². The molecule has 0 aromatic carbocycles. The summed E-state index contributed by atoms with van der Waals surface area (Å²) >= 11 is 2.86. The number of pyridine rings is 2. The molecule has 2 saturated heterocycles. The molecule has 0 bridgehead atoms. The minimum Gasteiger partial charge on any atom is -0.480 e. The van der Waals surface area contributed by atoms with Gasteiger partial charge in [-0.25, -0.2) is 9.59 Å². The number of hydrogen-bond acceptors (Lipinski definition) is 10. The number of aliphatic carboxylic acids is 2. The number of carboxylic acids is 2. The van der Waals surface area contributed by atoms with Crippen molar-refractivity contribution in [3.05, 3.63) is 60.2 Å². The maximum absolute atomic E-state index is 13.4. The largest absolute Gasteiger partial charge is 0.480 e. The molecule has 2 aromatic rings. The highest BCUT2D eigenvalue weighted by Crippen LogP contribution is 2.44. The molecule has 14 heteroatoms. The summed E-state index contributed by atoms with van der Waals surface area (Å²) in [4.78, 5) is 61.6. The smallest absolute Gasteiger partial charge is 0.327 e. The summed E-state index contributed by atoms with van der Waals surface area (Å²) in [5.74, 6) is -1.86.